The van der Waals surface area contributed by atoms with Crippen molar-refractivity contribution in [3.05, 3.63) is 11.6 Å². The Labute approximate surface area is 101 Å². The molecule has 0 aromatic carbocycles. The summed E-state index contributed by atoms with van der Waals surface area (Å²) in [5.74, 6) is 1.07. The molecule has 5 nitrogen and oxygen atoms in total. The number of rotatable bonds is 3. The summed E-state index contributed by atoms with van der Waals surface area (Å²) in [6, 6.07) is 0. The van der Waals surface area contributed by atoms with Gasteiger partial charge < -0.3 is 5.11 Å². The fraction of sp³-hybridized carbons (Fsp3) is 0.750. The number of carboxylic acid groups (broad SMARTS) is 1. The lowest BCUT2D eigenvalue weighted by atomic mass is 9.95. The minimum absolute atomic E-state index is 0.0142. The van der Waals surface area contributed by atoms with Gasteiger partial charge in [0.2, 0.25) is 0 Å². The molecule has 5 heteroatoms. The van der Waals surface area contributed by atoms with Gasteiger partial charge in [-0.1, -0.05) is 13.8 Å². The lowest BCUT2D eigenvalue weighted by Gasteiger charge is -2.14. The van der Waals surface area contributed by atoms with Gasteiger partial charge >= 0.3 is 5.97 Å². The Hall–Kier alpha value is -1.39. The Balaban J connectivity index is 2.31. The zero-order valence-corrected chi connectivity index (χ0v) is 10.6. The first-order chi connectivity index (χ1) is 8.02. The van der Waals surface area contributed by atoms with Crippen molar-refractivity contribution in [1.82, 2.24) is 14.8 Å². The summed E-state index contributed by atoms with van der Waals surface area (Å²) in [7, 11) is 1.85. The van der Waals surface area contributed by atoms with E-state index in [0.29, 0.717) is 5.92 Å². The molecule has 1 N–H and O–H groups in total. The molecular formula is C12H19N3O2. The Morgan fingerprint density at radius 2 is 2.24 bits per heavy atom. The number of aromatic nitrogens is 3. The Kier molecular flexibility index (Phi) is 3.17. The SMILES string of the molecule is CCc1nc(C2CC(C)CC2C(=O)O)n(C)n1. The number of carboxylic acids is 1. The number of nitrogens with zero attached hydrogens (tertiary/aromatic N) is 3. The first-order valence-corrected chi connectivity index (χ1v) is 6.15. The molecule has 2 rings (SSSR count). The van der Waals surface area contributed by atoms with E-state index in [4.69, 9.17) is 0 Å². The zero-order valence-electron chi connectivity index (χ0n) is 10.6. The first-order valence-electron chi connectivity index (χ1n) is 6.15. The number of hydrogen-bond acceptors (Lipinski definition) is 3. The van der Waals surface area contributed by atoms with Gasteiger partial charge in [0.15, 0.2) is 5.82 Å². The van der Waals surface area contributed by atoms with Crippen LogP contribution in [0.4, 0.5) is 0 Å². The van der Waals surface area contributed by atoms with Crippen molar-refractivity contribution in [3.63, 3.8) is 0 Å². The highest BCUT2D eigenvalue weighted by molar-refractivity contribution is 5.71. The minimum Gasteiger partial charge on any atom is -0.481 e. The van der Waals surface area contributed by atoms with Gasteiger partial charge in [0, 0.05) is 19.4 Å². The van der Waals surface area contributed by atoms with Crippen LogP contribution in [-0.2, 0) is 18.3 Å². The Morgan fingerprint density at radius 3 is 2.76 bits per heavy atom. The van der Waals surface area contributed by atoms with Crippen LogP contribution in [0.15, 0.2) is 0 Å². The first kappa shape index (κ1) is 12.1. The maximum absolute atomic E-state index is 11.3. The fourth-order valence-corrected chi connectivity index (χ4v) is 2.77. The predicted octanol–water partition coefficient (Wildman–Crippen LogP) is 1.59. The molecule has 1 saturated carbocycles. The third-order valence-electron chi connectivity index (χ3n) is 3.60. The maximum Gasteiger partial charge on any atom is 0.307 e. The molecule has 0 spiro atoms. The van der Waals surface area contributed by atoms with Crippen LogP contribution < -0.4 is 0 Å². The van der Waals surface area contributed by atoms with Crippen LogP contribution in [0.1, 0.15) is 44.3 Å². The molecule has 1 fully saturated rings. The van der Waals surface area contributed by atoms with E-state index >= 15 is 0 Å². The zero-order chi connectivity index (χ0) is 12.6. The molecule has 17 heavy (non-hydrogen) atoms. The number of aliphatic carboxylic acids is 1. The van der Waals surface area contributed by atoms with Gasteiger partial charge in [0.05, 0.1) is 5.92 Å². The highest BCUT2D eigenvalue weighted by atomic mass is 16.4. The van der Waals surface area contributed by atoms with Gasteiger partial charge in [-0.2, -0.15) is 5.10 Å². The van der Waals surface area contributed by atoms with E-state index in [-0.39, 0.29) is 11.8 Å². The van der Waals surface area contributed by atoms with E-state index < -0.39 is 5.97 Å². The van der Waals surface area contributed by atoms with Crippen LogP contribution >= 0.6 is 0 Å². The second kappa shape index (κ2) is 4.47. The van der Waals surface area contributed by atoms with E-state index in [0.717, 1.165) is 30.9 Å². The van der Waals surface area contributed by atoms with Crippen molar-refractivity contribution in [3.8, 4) is 0 Å². The molecule has 1 aliphatic carbocycles. The van der Waals surface area contributed by atoms with Crippen LogP contribution in [0.25, 0.3) is 0 Å². The number of aryl methyl sites for hydroxylation is 2. The van der Waals surface area contributed by atoms with Crippen molar-refractivity contribution >= 4 is 5.97 Å². The molecule has 0 bridgehead atoms. The smallest absolute Gasteiger partial charge is 0.307 e. The molecule has 0 amide bonds. The minimum atomic E-state index is -0.708. The highest BCUT2D eigenvalue weighted by Crippen LogP contribution is 2.42. The molecule has 1 heterocycles. The van der Waals surface area contributed by atoms with Gasteiger partial charge in [0.1, 0.15) is 5.82 Å². The number of carbonyl (C=O) groups is 1. The summed E-state index contributed by atoms with van der Waals surface area (Å²) in [5, 5.41) is 13.6. The standard InChI is InChI=1S/C12H19N3O2/c1-4-10-13-11(15(3)14-10)8-5-7(2)6-9(8)12(16)17/h7-9H,4-6H2,1-3H3,(H,16,17). The van der Waals surface area contributed by atoms with Crippen LogP contribution in [0, 0.1) is 11.8 Å². The van der Waals surface area contributed by atoms with E-state index in [2.05, 4.69) is 17.0 Å². The van der Waals surface area contributed by atoms with Gasteiger partial charge in [0.25, 0.3) is 0 Å². The van der Waals surface area contributed by atoms with Crippen LogP contribution in [0.5, 0.6) is 0 Å². The van der Waals surface area contributed by atoms with Crippen molar-refractivity contribution in [1.29, 1.82) is 0 Å². The third-order valence-corrected chi connectivity index (χ3v) is 3.60. The van der Waals surface area contributed by atoms with Crippen molar-refractivity contribution in [2.45, 2.75) is 39.0 Å². The summed E-state index contributed by atoms with van der Waals surface area (Å²) in [6.07, 6.45) is 2.43. The van der Waals surface area contributed by atoms with Crippen molar-refractivity contribution < 1.29 is 9.90 Å². The molecule has 0 saturated heterocycles. The largest absolute Gasteiger partial charge is 0.481 e. The summed E-state index contributed by atoms with van der Waals surface area (Å²) in [4.78, 5) is 15.7. The van der Waals surface area contributed by atoms with Crippen molar-refractivity contribution in [2.75, 3.05) is 0 Å². The molecule has 94 valence electrons. The van der Waals surface area contributed by atoms with Crippen LogP contribution in [-0.4, -0.2) is 25.8 Å². The molecule has 3 atom stereocenters. The molecule has 1 aromatic rings. The lowest BCUT2D eigenvalue weighted by molar-refractivity contribution is -0.142. The van der Waals surface area contributed by atoms with E-state index in [1.807, 2.05) is 14.0 Å². The topological polar surface area (TPSA) is 68.0 Å². The van der Waals surface area contributed by atoms with Gasteiger partial charge in [-0.3, -0.25) is 9.48 Å². The molecular weight excluding hydrogens is 218 g/mol. The second-order valence-electron chi connectivity index (χ2n) is 4.99. The van der Waals surface area contributed by atoms with Crippen LogP contribution in [0.3, 0.4) is 0 Å². The number of hydrogen-bond donors (Lipinski definition) is 1. The normalized spacial score (nSPS) is 28.5. The average molecular weight is 237 g/mol. The van der Waals surface area contributed by atoms with Gasteiger partial charge in [-0.25, -0.2) is 4.98 Å². The average Bonchev–Trinajstić information content (AvgIpc) is 2.81. The summed E-state index contributed by atoms with van der Waals surface area (Å²) in [5.41, 5.74) is 0. The second-order valence-corrected chi connectivity index (χ2v) is 4.99. The fourth-order valence-electron chi connectivity index (χ4n) is 2.77. The Morgan fingerprint density at radius 1 is 1.53 bits per heavy atom. The van der Waals surface area contributed by atoms with E-state index in [1.165, 1.54) is 0 Å². The van der Waals surface area contributed by atoms with E-state index in [1.54, 1.807) is 4.68 Å². The quantitative estimate of drug-likeness (QED) is 0.866. The lowest BCUT2D eigenvalue weighted by Crippen LogP contribution is -2.19. The molecule has 1 aliphatic rings. The third kappa shape index (κ3) is 2.18. The van der Waals surface area contributed by atoms with Gasteiger partial charge in [-0.15, -0.1) is 0 Å². The summed E-state index contributed by atoms with van der Waals surface area (Å²) < 4.78 is 1.75. The summed E-state index contributed by atoms with van der Waals surface area (Å²) in [6.45, 7) is 4.11. The van der Waals surface area contributed by atoms with Crippen LogP contribution in [0.2, 0.25) is 0 Å². The predicted molar refractivity (Wildman–Crippen MR) is 62.6 cm³/mol. The van der Waals surface area contributed by atoms with E-state index in [9.17, 15) is 9.90 Å². The summed E-state index contributed by atoms with van der Waals surface area (Å²) >= 11 is 0. The van der Waals surface area contributed by atoms with Gasteiger partial charge in [-0.05, 0) is 18.8 Å². The molecule has 0 radical (unpaired) electrons. The van der Waals surface area contributed by atoms with Crippen molar-refractivity contribution in [2.24, 2.45) is 18.9 Å². The highest BCUT2D eigenvalue weighted by Gasteiger charge is 2.40. The molecule has 0 aliphatic heterocycles. The monoisotopic (exact) mass is 237 g/mol. The molecule has 1 aromatic heterocycles. The molecule has 3 unspecified atom stereocenters. The maximum atomic E-state index is 11.3. The Bertz CT molecular complexity index is 427.